The Kier molecular flexibility index (Phi) is 5.35. The summed E-state index contributed by atoms with van der Waals surface area (Å²) in [5.41, 5.74) is 2.74. The van der Waals surface area contributed by atoms with Crippen molar-refractivity contribution in [2.75, 3.05) is 20.2 Å². The molecule has 1 saturated heterocycles. The van der Waals surface area contributed by atoms with Crippen molar-refractivity contribution in [3.05, 3.63) is 65.7 Å². The SMILES string of the molecule is CCC1CCN(C(c2ccccc2)c2ccc(OC)cc2)CC1. The molecular formula is C21H27NO. The minimum Gasteiger partial charge on any atom is -0.497 e. The molecule has 1 aliphatic heterocycles. The summed E-state index contributed by atoms with van der Waals surface area (Å²) in [6.07, 6.45) is 3.94. The van der Waals surface area contributed by atoms with Crippen LogP contribution in [-0.4, -0.2) is 25.1 Å². The summed E-state index contributed by atoms with van der Waals surface area (Å²) < 4.78 is 5.32. The lowest BCUT2D eigenvalue weighted by Gasteiger charge is -2.38. The van der Waals surface area contributed by atoms with E-state index in [1.54, 1.807) is 7.11 Å². The maximum atomic E-state index is 5.32. The molecule has 122 valence electrons. The summed E-state index contributed by atoms with van der Waals surface area (Å²) in [6.45, 7) is 4.69. The molecule has 2 heteroatoms. The highest BCUT2D eigenvalue weighted by atomic mass is 16.5. The number of methoxy groups -OCH3 is 1. The second-order valence-electron chi connectivity index (χ2n) is 6.47. The van der Waals surface area contributed by atoms with Crippen LogP contribution in [0.3, 0.4) is 0 Å². The van der Waals surface area contributed by atoms with E-state index in [2.05, 4.69) is 66.4 Å². The number of nitrogens with zero attached hydrogens (tertiary/aromatic N) is 1. The van der Waals surface area contributed by atoms with Gasteiger partial charge in [-0.05, 0) is 55.1 Å². The van der Waals surface area contributed by atoms with Gasteiger partial charge in [-0.1, -0.05) is 55.8 Å². The molecule has 1 fully saturated rings. The highest BCUT2D eigenvalue weighted by Gasteiger charge is 2.26. The fourth-order valence-electron chi connectivity index (χ4n) is 3.66. The van der Waals surface area contributed by atoms with Crippen molar-refractivity contribution in [2.24, 2.45) is 5.92 Å². The van der Waals surface area contributed by atoms with E-state index in [1.165, 1.54) is 43.5 Å². The van der Waals surface area contributed by atoms with E-state index in [4.69, 9.17) is 4.74 Å². The number of benzene rings is 2. The number of ether oxygens (including phenoxy) is 1. The van der Waals surface area contributed by atoms with E-state index in [1.807, 2.05) is 0 Å². The highest BCUT2D eigenvalue weighted by molar-refractivity contribution is 5.35. The summed E-state index contributed by atoms with van der Waals surface area (Å²) in [6, 6.07) is 19.8. The second-order valence-corrected chi connectivity index (χ2v) is 6.47. The van der Waals surface area contributed by atoms with Crippen molar-refractivity contribution in [3.8, 4) is 5.75 Å². The van der Waals surface area contributed by atoms with E-state index in [9.17, 15) is 0 Å². The first-order chi connectivity index (χ1) is 11.3. The first-order valence-electron chi connectivity index (χ1n) is 8.74. The molecule has 2 aromatic rings. The third-order valence-electron chi connectivity index (χ3n) is 5.14. The van der Waals surface area contributed by atoms with Crippen molar-refractivity contribution in [1.82, 2.24) is 4.90 Å². The number of piperidine rings is 1. The lowest BCUT2D eigenvalue weighted by atomic mass is 9.90. The Morgan fingerprint density at radius 2 is 1.57 bits per heavy atom. The maximum absolute atomic E-state index is 5.32. The van der Waals surface area contributed by atoms with Gasteiger partial charge >= 0.3 is 0 Å². The molecule has 0 bridgehead atoms. The number of hydrogen-bond acceptors (Lipinski definition) is 2. The predicted octanol–water partition coefficient (Wildman–Crippen LogP) is 4.91. The van der Waals surface area contributed by atoms with Crippen LogP contribution in [0.1, 0.15) is 43.4 Å². The summed E-state index contributed by atoms with van der Waals surface area (Å²) in [7, 11) is 1.72. The Morgan fingerprint density at radius 3 is 2.13 bits per heavy atom. The maximum Gasteiger partial charge on any atom is 0.118 e. The normalized spacial score (nSPS) is 17.8. The molecule has 1 aliphatic rings. The van der Waals surface area contributed by atoms with Crippen molar-refractivity contribution in [2.45, 2.75) is 32.2 Å². The van der Waals surface area contributed by atoms with Crippen LogP contribution in [0.25, 0.3) is 0 Å². The fraction of sp³-hybridized carbons (Fsp3) is 0.429. The van der Waals surface area contributed by atoms with Gasteiger partial charge < -0.3 is 4.74 Å². The van der Waals surface area contributed by atoms with E-state index < -0.39 is 0 Å². The van der Waals surface area contributed by atoms with Crippen molar-refractivity contribution in [3.63, 3.8) is 0 Å². The van der Waals surface area contributed by atoms with Crippen LogP contribution in [0.15, 0.2) is 54.6 Å². The molecule has 0 saturated carbocycles. The van der Waals surface area contributed by atoms with Gasteiger partial charge in [-0.3, -0.25) is 4.90 Å². The van der Waals surface area contributed by atoms with Gasteiger partial charge in [0.25, 0.3) is 0 Å². The van der Waals surface area contributed by atoms with Gasteiger partial charge in [0.1, 0.15) is 5.75 Å². The van der Waals surface area contributed by atoms with Gasteiger partial charge in [0.2, 0.25) is 0 Å². The van der Waals surface area contributed by atoms with Gasteiger partial charge in [-0.25, -0.2) is 0 Å². The molecule has 0 N–H and O–H groups in total. The Balaban J connectivity index is 1.88. The zero-order valence-electron chi connectivity index (χ0n) is 14.2. The van der Waals surface area contributed by atoms with Crippen molar-refractivity contribution < 1.29 is 4.74 Å². The lowest BCUT2D eigenvalue weighted by Crippen LogP contribution is -2.37. The van der Waals surface area contributed by atoms with Gasteiger partial charge in [0, 0.05) is 0 Å². The Labute approximate surface area is 140 Å². The molecule has 1 heterocycles. The zero-order valence-corrected chi connectivity index (χ0v) is 14.2. The van der Waals surface area contributed by atoms with Crippen LogP contribution in [0.5, 0.6) is 5.75 Å². The van der Waals surface area contributed by atoms with E-state index in [0.29, 0.717) is 6.04 Å². The summed E-state index contributed by atoms with van der Waals surface area (Å²) >= 11 is 0. The standard InChI is InChI=1S/C21H27NO/c1-3-17-13-15-22(16-14-17)21(18-7-5-4-6-8-18)19-9-11-20(23-2)12-10-19/h4-12,17,21H,3,13-16H2,1-2H3. The van der Waals surface area contributed by atoms with Crippen LogP contribution in [0.2, 0.25) is 0 Å². The van der Waals surface area contributed by atoms with Gasteiger partial charge in [0.05, 0.1) is 13.2 Å². The molecule has 3 rings (SSSR count). The highest BCUT2D eigenvalue weighted by Crippen LogP contribution is 2.33. The molecule has 0 aliphatic carbocycles. The van der Waals surface area contributed by atoms with Crippen molar-refractivity contribution >= 4 is 0 Å². The van der Waals surface area contributed by atoms with Crippen LogP contribution in [0, 0.1) is 5.92 Å². The molecule has 1 unspecified atom stereocenters. The van der Waals surface area contributed by atoms with Crippen LogP contribution in [-0.2, 0) is 0 Å². The Hall–Kier alpha value is -1.80. The quantitative estimate of drug-likeness (QED) is 0.778. The molecule has 0 aromatic heterocycles. The monoisotopic (exact) mass is 309 g/mol. The minimum atomic E-state index is 0.347. The molecule has 23 heavy (non-hydrogen) atoms. The predicted molar refractivity (Wildman–Crippen MR) is 95.9 cm³/mol. The minimum absolute atomic E-state index is 0.347. The van der Waals surface area contributed by atoms with E-state index >= 15 is 0 Å². The average molecular weight is 309 g/mol. The molecule has 2 nitrogen and oxygen atoms in total. The van der Waals surface area contributed by atoms with Crippen molar-refractivity contribution in [1.29, 1.82) is 0 Å². The second kappa shape index (κ2) is 7.65. The smallest absolute Gasteiger partial charge is 0.118 e. The van der Waals surface area contributed by atoms with Crippen LogP contribution < -0.4 is 4.74 Å². The molecule has 0 spiro atoms. The largest absolute Gasteiger partial charge is 0.497 e. The van der Waals surface area contributed by atoms with Gasteiger partial charge in [-0.2, -0.15) is 0 Å². The number of hydrogen-bond donors (Lipinski definition) is 0. The molecule has 0 radical (unpaired) electrons. The fourth-order valence-corrected chi connectivity index (χ4v) is 3.66. The average Bonchev–Trinajstić information content (AvgIpc) is 2.64. The van der Waals surface area contributed by atoms with E-state index in [0.717, 1.165) is 11.7 Å². The first kappa shape index (κ1) is 16.1. The first-order valence-corrected chi connectivity index (χ1v) is 8.74. The third kappa shape index (κ3) is 3.76. The summed E-state index contributed by atoms with van der Waals surface area (Å²) in [5.74, 6) is 1.82. The van der Waals surface area contributed by atoms with Gasteiger partial charge in [0.15, 0.2) is 0 Å². The topological polar surface area (TPSA) is 12.5 Å². The molecule has 1 atom stereocenters. The molecule has 2 aromatic carbocycles. The Bertz CT molecular complexity index is 585. The van der Waals surface area contributed by atoms with Gasteiger partial charge in [-0.15, -0.1) is 0 Å². The molecular weight excluding hydrogens is 282 g/mol. The Morgan fingerprint density at radius 1 is 0.957 bits per heavy atom. The number of likely N-dealkylation sites (tertiary alicyclic amines) is 1. The lowest BCUT2D eigenvalue weighted by molar-refractivity contribution is 0.149. The van der Waals surface area contributed by atoms with Crippen LogP contribution in [0.4, 0.5) is 0 Å². The van der Waals surface area contributed by atoms with Crippen LogP contribution >= 0.6 is 0 Å². The summed E-state index contributed by atoms with van der Waals surface area (Å²) in [5, 5.41) is 0. The number of rotatable bonds is 5. The summed E-state index contributed by atoms with van der Waals surface area (Å²) in [4.78, 5) is 2.64. The third-order valence-corrected chi connectivity index (χ3v) is 5.14. The molecule has 0 amide bonds. The zero-order chi connectivity index (χ0) is 16.1. The van der Waals surface area contributed by atoms with E-state index in [-0.39, 0.29) is 0 Å².